The smallest absolute Gasteiger partial charge is 0.243 e. The van der Waals surface area contributed by atoms with Crippen molar-refractivity contribution in [2.24, 2.45) is 0 Å². The Balaban J connectivity index is 1.49. The molecule has 1 amide bonds. The zero-order valence-corrected chi connectivity index (χ0v) is 20.5. The number of carbonyl (C=O) groups is 1. The summed E-state index contributed by atoms with van der Waals surface area (Å²) in [6, 6.07) is 5.65. The maximum absolute atomic E-state index is 12.9. The van der Waals surface area contributed by atoms with E-state index in [-0.39, 0.29) is 10.8 Å². The molecule has 2 saturated heterocycles. The van der Waals surface area contributed by atoms with Gasteiger partial charge in [-0.2, -0.15) is 4.31 Å². The van der Waals surface area contributed by atoms with E-state index in [1.54, 1.807) is 25.3 Å². The lowest BCUT2D eigenvalue weighted by molar-refractivity contribution is -0.121. The van der Waals surface area contributed by atoms with Crippen LogP contribution in [0, 0.1) is 0 Å². The Hall–Kier alpha value is -1.64. The van der Waals surface area contributed by atoms with Gasteiger partial charge in [0.15, 0.2) is 0 Å². The van der Waals surface area contributed by atoms with Gasteiger partial charge in [0.1, 0.15) is 5.75 Å². The van der Waals surface area contributed by atoms with Crippen molar-refractivity contribution in [3.05, 3.63) is 23.8 Å². The third-order valence-electron chi connectivity index (χ3n) is 6.74. The second-order valence-corrected chi connectivity index (χ2v) is 10.8. The molecule has 0 saturated carbocycles. The number of piperidine rings is 1. The minimum absolute atomic E-state index is 0.00876. The first kappa shape index (κ1) is 25.0. The van der Waals surface area contributed by atoms with Gasteiger partial charge in [0.05, 0.1) is 12.0 Å². The van der Waals surface area contributed by atoms with E-state index >= 15 is 0 Å². The van der Waals surface area contributed by atoms with Crippen molar-refractivity contribution in [1.82, 2.24) is 14.5 Å². The van der Waals surface area contributed by atoms with E-state index in [9.17, 15) is 13.2 Å². The van der Waals surface area contributed by atoms with Crippen LogP contribution >= 0.6 is 0 Å². The minimum Gasteiger partial charge on any atom is -0.496 e. The summed E-state index contributed by atoms with van der Waals surface area (Å²) >= 11 is 0. The maximum atomic E-state index is 12.9. The zero-order valence-electron chi connectivity index (χ0n) is 19.6. The van der Waals surface area contributed by atoms with E-state index in [0.29, 0.717) is 44.3 Å². The summed E-state index contributed by atoms with van der Waals surface area (Å²) in [5.41, 5.74) is 0.752. The molecule has 32 heavy (non-hydrogen) atoms. The van der Waals surface area contributed by atoms with Gasteiger partial charge in [-0.3, -0.25) is 4.79 Å². The number of benzene rings is 1. The van der Waals surface area contributed by atoms with Crippen LogP contribution in [0.15, 0.2) is 23.1 Å². The summed E-state index contributed by atoms with van der Waals surface area (Å²) in [7, 11) is -1.92. The van der Waals surface area contributed by atoms with Gasteiger partial charge in [0.25, 0.3) is 0 Å². The number of carbonyl (C=O) groups excluding carboxylic acids is 1. The van der Waals surface area contributed by atoms with Crippen LogP contribution < -0.4 is 10.1 Å². The normalized spacial score (nSPS) is 20.4. The SMILES string of the molecule is CC[C@H]1CCCCN1CCCNC(=O)CCc1cc(S(=O)(=O)N2CCCC2)ccc1OC. The highest BCUT2D eigenvalue weighted by Crippen LogP contribution is 2.27. The largest absolute Gasteiger partial charge is 0.496 e. The second-order valence-electron chi connectivity index (χ2n) is 8.88. The number of ether oxygens (including phenoxy) is 1. The number of nitrogens with one attached hydrogen (secondary N) is 1. The third kappa shape index (κ3) is 6.45. The third-order valence-corrected chi connectivity index (χ3v) is 8.64. The number of hydrogen-bond acceptors (Lipinski definition) is 5. The maximum Gasteiger partial charge on any atom is 0.243 e. The van der Waals surface area contributed by atoms with Gasteiger partial charge in [0.2, 0.25) is 15.9 Å². The fourth-order valence-corrected chi connectivity index (χ4v) is 6.42. The molecule has 180 valence electrons. The minimum atomic E-state index is -3.49. The van der Waals surface area contributed by atoms with Crippen molar-refractivity contribution in [3.63, 3.8) is 0 Å². The molecular weight excluding hydrogens is 426 g/mol. The van der Waals surface area contributed by atoms with E-state index in [1.165, 1.54) is 36.5 Å². The molecule has 0 aliphatic carbocycles. The quantitative estimate of drug-likeness (QED) is 0.508. The number of aryl methyl sites for hydroxylation is 1. The van der Waals surface area contributed by atoms with Crippen molar-refractivity contribution in [2.45, 2.75) is 75.6 Å². The van der Waals surface area contributed by atoms with Gasteiger partial charge < -0.3 is 15.0 Å². The number of rotatable bonds is 11. The van der Waals surface area contributed by atoms with Crippen molar-refractivity contribution >= 4 is 15.9 Å². The van der Waals surface area contributed by atoms with Gasteiger partial charge in [-0.05, 0) is 75.3 Å². The van der Waals surface area contributed by atoms with Crippen LogP contribution in [-0.2, 0) is 21.2 Å². The fraction of sp³-hybridized carbons (Fsp3) is 0.708. The monoisotopic (exact) mass is 465 g/mol. The predicted octanol–water partition coefficient (Wildman–Crippen LogP) is 3.18. The number of amides is 1. The summed E-state index contributed by atoms with van der Waals surface area (Å²) in [4.78, 5) is 15.2. The Morgan fingerprint density at radius 3 is 2.62 bits per heavy atom. The average Bonchev–Trinajstić information content (AvgIpc) is 3.36. The van der Waals surface area contributed by atoms with Gasteiger partial charge >= 0.3 is 0 Å². The Labute approximate surface area is 193 Å². The molecule has 1 aromatic carbocycles. The Morgan fingerprint density at radius 2 is 1.91 bits per heavy atom. The molecule has 2 aliphatic rings. The van der Waals surface area contributed by atoms with Crippen molar-refractivity contribution in [3.8, 4) is 5.75 Å². The van der Waals surface area contributed by atoms with E-state index < -0.39 is 10.0 Å². The average molecular weight is 466 g/mol. The lowest BCUT2D eigenvalue weighted by Gasteiger charge is -2.35. The number of sulfonamides is 1. The van der Waals surface area contributed by atoms with Crippen LogP contribution in [-0.4, -0.2) is 69.4 Å². The van der Waals surface area contributed by atoms with E-state index in [4.69, 9.17) is 4.74 Å². The Bertz CT molecular complexity index is 853. The summed E-state index contributed by atoms with van der Waals surface area (Å²) in [6.07, 6.45) is 8.60. The van der Waals surface area contributed by atoms with Crippen molar-refractivity contribution < 1.29 is 17.9 Å². The molecule has 8 heteroatoms. The van der Waals surface area contributed by atoms with Crippen LogP contribution in [0.2, 0.25) is 0 Å². The summed E-state index contributed by atoms with van der Waals surface area (Å²) in [6.45, 7) is 6.27. The first-order chi connectivity index (χ1) is 15.5. The molecule has 2 fully saturated rings. The fourth-order valence-electron chi connectivity index (χ4n) is 4.85. The van der Waals surface area contributed by atoms with Crippen LogP contribution in [0.25, 0.3) is 0 Å². The first-order valence-electron chi connectivity index (χ1n) is 12.1. The lowest BCUT2D eigenvalue weighted by Crippen LogP contribution is -2.40. The summed E-state index contributed by atoms with van der Waals surface area (Å²) in [5.74, 6) is 0.611. The molecule has 7 nitrogen and oxygen atoms in total. The van der Waals surface area contributed by atoms with Gasteiger partial charge in [0, 0.05) is 38.6 Å². The summed E-state index contributed by atoms with van der Waals surface area (Å²) < 4.78 is 32.7. The van der Waals surface area contributed by atoms with Gasteiger partial charge in [-0.1, -0.05) is 13.3 Å². The molecule has 1 atom stereocenters. The number of hydrogen-bond donors (Lipinski definition) is 1. The second kappa shape index (κ2) is 12.0. The molecule has 0 spiro atoms. The van der Waals surface area contributed by atoms with Crippen LogP contribution in [0.1, 0.15) is 63.9 Å². The molecule has 1 aromatic rings. The molecular formula is C24H39N3O4S. The zero-order chi connectivity index (χ0) is 23.0. The number of nitrogens with zero attached hydrogens (tertiary/aromatic N) is 2. The number of methoxy groups -OCH3 is 1. The summed E-state index contributed by atoms with van der Waals surface area (Å²) in [5, 5.41) is 3.02. The molecule has 0 unspecified atom stereocenters. The Morgan fingerprint density at radius 1 is 1.16 bits per heavy atom. The van der Waals surface area contributed by atoms with E-state index in [1.807, 2.05) is 0 Å². The molecule has 1 N–H and O–H groups in total. The highest BCUT2D eigenvalue weighted by Gasteiger charge is 2.28. The molecule has 0 aromatic heterocycles. The highest BCUT2D eigenvalue weighted by atomic mass is 32.2. The van der Waals surface area contributed by atoms with Crippen molar-refractivity contribution in [2.75, 3.05) is 39.8 Å². The number of likely N-dealkylation sites (tertiary alicyclic amines) is 1. The van der Waals surface area contributed by atoms with Crippen molar-refractivity contribution in [1.29, 1.82) is 0 Å². The van der Waals surface area contributed by atoms with Gasteiger partial charge in [-0.15, -0.1) is 0 Å². The molecule has 0 bridgehead atoms. The van der Waals surface area contributed by atoms with Crippen LogP contribution in [0.4, 0.5) is 0 Å². The van der Waals surface area contributed by atoms with Crippen LogP contribution in [0.3, 0.4) is 0 Å². The topological polar surface area (TPSA) is 79.0 Å². The van der Waals surface area contributed by atoms with E-state index in [0.717, 1.165) is 31.4 Å². The first-order valence-corrected chi connectivity index (χ1v) is 13.6. The molecule has 2 heterocycles. The predicted molar refractivity (Wildman–Crippen MR) is 126 cm³/mol. The standard InChI is InChI=1S/C24H39N3O4S/c1-3-21-9-4-5-15-26(21)16-8-14-25-24(28)13-10-20-19-22(11-12-23(20)31-2)32(29,30)27-17-6-7-18-27/h11-12,19,21H,3-10,13-18H2,1-2H3,(H,25,28)/t21-/m0/s1. The molecule has 0 radical (unpaired) electrons. The lowest BCUT2D eigenvalue weighted by atomic mass is 10.00. The van der Waals surface area contributed by atoms with Crippen LogP contribution in [0.5, 0.6) is 5.75 Å². The van der Waals surface area contributed by atoms with Gasteiger partial charge in [-0.25, -0.2) is 8.42 Å². The highest BCUT2D eigenvalue weighted by molar-refractivity contribution is 7.89. The molecule has 2 aliphatic heterocycles. The van der Waals surface area contributed by atoms with E-state index in [2.05, 4.69) is 17.1 Å². The Kier molecular flexibility index (Phi) is 9.37. The molecule has 3 rings (SSSR count).